The van der Waals surface area contributed by atoms with Gasteiger partial charge in [-0.25, -0.2) is 4.39 Å². The molecule has 0 unspecified atom stereocenters. The molecule has 0 bridgehead atoms. The summed E-state index contributed by atoms with van der Waals surface area (Å²) in [5, 5.41) is 0. The van der Waals surface area contributed by atoms with Crippen molar-refractivity contribution in [3.63, 3.8) is 0 Å². The second kappa shape index (κ2) is 7.49. The summed E-state index contributed by atoms with van der Waals surface area (Å²) in [6.07, 6.45) is -0.834. The maximum absolute atomic E-state index is 13.2. The summed E-state index contributed by atoms with van der Waals surface area (Å²) >= 11 is 0. The van der Waals surface area contributed by atoms with Crippen LogP contribution in [0.2, 0.25) is 0 Å². The van der Waals surface area contributed by atoms with Crippen molar-refractivity contribution in [2.45, 2.75) is 12.8 Å². The molecule has 1 fully saturated rings. The monoisotopic (exact) mass is 296 g/mol. The van der Waals surface area contributed by atoms with Crippen molar-refractivity contribution in [3.8, 4) is 0 Å². The minimum Gasteiger partial charge on any atom is -0.348 e. The lowest BCUT2D eigenvalue weighted by atomic mass is 10.2. The van der Waals surface area contributed by atoms with E-state index in [0.717, 1.165) is 18.7 Å². The lowest BCUT2D eigenvalue weighted by Crippen LogP contribution is -2.51. The summed E-state index contributed by atoms with van der Waals surface area (Å²) in [6, 6.07) is 6.61. The molecule has 21 heavy (non-hydrogen) atoms. The summed E-state index contributed by atoms with van der Waals surface area (Å²) in [5.74, 6) is -0.366. The molecule has 0 spiro atoms. The van der Waals surface area contributed by atoms with E-state index in [-0.39, 0.29) is 11.7 Å². The molecule has 0 N–H and O–H groups in total. The number of hydrogen-bond acceptors (Lipinski definition) is 4. The van der Waals surface area contributed by atoms with E-state index in [4.69, 9.17) is 9.47 Å². The lowest BCUT2D eigenvalue weighted by Gasteiger charge is -2.35. The summed E-state index contributed by atoms with van der Waals surface area (Å²) in [7, 11) is 2.90. The number of carbonyl (C=O) groups is 1. The van der Waals surface area contributed by atoms with Crippen LogP contribution in [0.1, 0.15) is 5.56 Å². The van der Waals surface area contributed by atoms with Gasteiger partial charge in [0.1, 0.15) is 5.82 Å². The van der Waals surface area contributed by atoms with Crippen molar-refractivity contribution in [1.82, 2.24) is 9.80 Å². The molecule has 1 heterocycles. The van der Waals surface area contributed by atoms with E-state index in [9.17, 15) is 9.18 Å². The number of hydrogen-bond donors (Lipinski definition) is 0. The van der Waals surface area contributed by atoms with Crippen LogP contribution >= 0.6 is 0 Å². The van der Waals surface area contributed by atoms with Crippen LogP contribution in [0.3, 0.4) is 0 Å². The van der Waals surface area contributed by atoms with Gasteiger partial charge in [-0.05, 0) is 17.7 Å². The predicted octanol–water partition coefficient (Wildman–Crippen LogP) is 1.09. The molecule has 0 radical (unpaired) electrons. The average molecular weight is 296 g/mol. The van der Waals surface area contributed by atoms with Gasteiger partial charge in [0.15, 0.2) is 0 Å². The lowest BCUT2D eigenvalue weighted by molar-refractivity contribution is -0.171. The largest absolute Gasteiger partial charge is 0.348 e. The highest BCUT2D eigenvalue weighted by Crippen LogP contribution is 2.11. The molecule has 116 valence electrons. The highest BCUT2D eigenvalue weighted by Gasteiger charge is 2.27. The van der Waals surface area contributed by atoms with E-state index < -0.39 is 6.29 Å². The Morgan fingerprint density at radius 3 is 2.48 bits per heavy atom. The van der Waals surface area contributed by atoms with Crippen molar-refractivity contribution in [3.05, 3.63) is 35.6 Å². The van der Waals surface area contributed by atoms with Gasteiger partial charge in [-0.2, -0.15) is 0 Å². The third-order valence-electron chi connectivity index (χ3n) is 3.61. The highest BCUT2D eigenvalue weighted by molar-refractivity contribution is 5.79. The molecule has 1 aliphatic heterocycles. The van der Waals surface area contributed by atoms with Crippen LogP contribution in [0.4, 0.5) is 4.39 Å². The maximum Gasteiger partial charge on any atom is 0.279 e. The molecular formula is C15H21FN2O3. The van der Waals surface area contributed by atoms with Crippen LogP contribution in [0.15, 0.2) is 24.3 Å². The first-order valence-corrected chi connectivity index (χ1v) is 6.95. The van der Waals surface area contributed by atoms with Crippen LogP contribution in [0.25, 0.3) is 0 Å². The Labute approximate surface area is 124 Å². The van der Waals surface area contributed by atoms with Crippen LogP contribution in [0.5, 0.6) is 0 Å². The minimum absolute atomic E-state index is 0.148. The van der Waals surface area contributed by atoms with Crippen molar-refractivity contribution in [2.75, 3.05) is 40.4 Å². The van der Waals surface area contributed by atoms with Gasteiger partial charge in [-0.1, -0.05) is 12.1 Å². The molecular weight excluding hydrogens is 275 g/mol. The number of methoxy groups -OCH3 is 2. The van der Waals surface area contributed by atoms with Crippen LogP contribution < -0.4 is 0 Å². The molecule has 0 atom stereocenters. The third-order valence-corrected chi connectivity index (χ3v) is 3.61. The number of ether oxygens (including phenoxy) is 2. The average Bonchev–Trinajstić information content (AvgIpc) is 2.49. The number of halogens is 1. The predicted molar refractivity (Wildman–Crippen MR) is 76.1 cm³/mol. The first-order chi connectivity index (χ1) is 10.1. The molecule has 0 aliphatic carbocycles. The number of carbonyl (C=O) groups excluding carboxylic acids is 1. The fraction of sp³-hybridized carbons (Fsp3) is 0.533. The normalized spacial score (nSPS) is 16.5. The molecule has 0 saturated carbocycles. The van der Waals surface area contributed by atoms with Gasteiger partial charge >= 0.3 is 0 Å². The van der Waals surface area contributed by atoms with E-state index in [1.165, 1.54) is 20.3 Å². The zero-order valence-corrected chi connectivity index (χ0v) is 12.4. The SMILES string of the molecule is COC(OC)C(=O)N1CCN(Cc2cccc(F)c2)CC1. The summed E-state index contributed by atoms with van der Waals surface area (Å²) in [5.41, 5.74) is 0.946. The summed E-state index contributed by atoms with van der Waals surface area (Å²) in [6.45, 7) is 3.44. The maximum atomic E-state index is 13.2. The Morgan fingerprint density at radius 1 is 1.24 bits per heavy atom. The van der Waals surface area contributed by atoms with E-state index >= 15 is 0 Å². The topological polar surface area (TPSA) is 42.0 Å². The second-order valence-electron chi connectivity index (χ2n) is 5.03. The molecule has 1 amide bonds. The Kier molecular flexibility index (Phi) is 5.67. The number of benzene rings is 1. The number of amides is 1. The van der Waals surface area contributed by atoms with Gasteiger partial charge in [0.25, 0.3) is 5.91 Å². The Balaban J connectivity index is 1.84. The van der Waals surface area contributed by atoms with Gasteiger partial charge in [0, 0.05) is 46.9 Å². The molecule has 2 rings (SSSR count). The molecule has 1 aromatic carbocycles. The standard InChI is InChI=1S/C15H21FN2O3/c1-20-15(21-2)14(19)18-8-6-17(7-9-18)11-12-4-3-5-13(16)10-12/h3-5,10,15H,6-9,11H2,1-2H3. The zero-order valence-electron chi connectivity index (χ0n) is 12.4. The van der Waals surface area contributed by atoms with Crippen LogP contribution in [0, 0.1) is 5.82 Å². The van der Waals surface area contributed by atoms with Gasteiger partial charge in [-0.3, -0.25) is 9.69 Å². The van der Waals surface area contributed by atoms with E-state index in [1.54, 1.807) is 17.0 Å². The molecule has 1 aliphatic rings. The zero-order chi connectivity index (χ0) is 15.2. The summed E-state index contributed by atoms with van der Waals surface area (Å²) < 4.78 is 23.1. The quantitative estimate of drug-likeness (QED) is 0.763. The number of piperazine rings is 1. The van der Waals surface area contributed by atoms with Crippen molar-refractivity contribution < 1.29 is 18.7 Å². The highest BCUT2D eigenvalue weighted by atomic mass is 19.1. The first kappa shape index (κ1) is 15.9. The van der Waals surface area contributed by atoms with Crippen LogP contribution in [-0.4, -0.2) is 62.4 Å². The minimum atomic E-state index is -0.834. The van der Waals surface area contributed by atoms with Crippen molar-refractivity contribution >= 4 is 5.91 Å². The fourth-order valence-electron chi connectivity index (χ4n) is 2.47. The number of nitrogens with zero attached hydrogens (tertiary/aromatic N) is 2. The Bertz CT molecular complexity index is 472. The van der Waals surface area contributed by atoms with Crippen LogP contribution in [-0.2, 0) is 20.8 Å². The summed E-state index contributed by atoms with van der Waals surface area (Å²) in [4.78, 5) is 16.0. The Morgan fingerprint density at radius 2 is 1.90 bits per heavy atom. The van der Waals surface area contributed by atoms with E-state index in [2.05, 4.69) is 4.90 Å². The molecule has 0 aromatic heterocycles. The van der Waals surface area contributed by atoms with E-state index in [0.29, 0.717) is 19.6 Å². The van der Waals surface area contributed by atoms with Gasteiger partial charge in [-0.15, -0.1) is 0 Å². The molecule has 1 aromatic rings. The smallest absolute Gasteiger partial charge is 0.279 e. The van der Waals surface area contributed by atoms with E-state index in [1.807, 2.05) is 6.07 Å². The third kappa shape index (κ3) is 4.23. The van der Waals surface area contributed by atoms with Crippen molar-refractivity contribution in [2.24, 2.45) is 0 Å². The number of rotatable bonds is 5. The Hall–Kier alpha value is -1.50. The van der Waals surface area contributed by atoms with Crippen molar-refractivity contribution in [1.29, 1.82) is 0 Å². The molecule has 5 nitrogen and oxygen atoms in total. The molecule has 6 heteroatoms. The fourth-order valence-corrected chi connectivity index (χ4v) is 2.47. The van der Waals surface area contributed by atoms with Gasteiger partial charge in [0.05, 0.1) is 0 Å². The van der Waals surface area contributed by atoms with Gasteiger partial charge in [0.2, 0.25) is 6.29 Å². The first-order valence-electron chi connectivity index (χ1n) is 6.95. The second-order valence-corrected chi connectivity index (χ2v) is 5.03. The molecule has 1 saturated heterocycles. The van der Waals surface area contributed by atoms with Gasteiger partial charge < -0.3 is 14.4 Å².